The van der Waals surface area contributed by atoms with Crippen LogP contribution in [-0.4, -0.2) is 27.9 Å². The summed E-state index contributed by atoms with van der Waals surface area (Å²) in [6.07, 6.45) is 0.193. The zero-order valence-electron chi connectivity index (χ0n) is 15.3. The van der Waals surface area contributed by atoms with Crippen LogP contribution in [0.4, 0.5) is 5.69 Å². The second-order valence-corrected chi connectivity index (χ2v) is 6.54. The quantitative estimate of drug-likeness (QED) is 0.679. The molecule has 2 aromatic carbocycles. The van der Waals surface area contributed by atoms with Gasteiger partial charge in [0.15, 0.2) is 0 Å². The number of hydrogen-bond donors (Lipinski definition) is 2. The molecule has 6 nitrogen and oxygen atoms in total. The number of fused-ring (bicyclic) bond motifs is 1. The number of benzene rings is 2. The van der Waals surface area contributed by atoms with Crippen molar-refractivity contribution in [1.29, 1.82) is 0 Å². The Morgan fingerprint density at radius 3 is 2.70 bits per heavy atom. The number of aryl methyl sites for hydroxylation is 2. The van der Waals surface area contributed by atoms with E-state index in [2.05, 4.69) is 15.6 Å². The molecule has 3 rings (SSSR count). The first kappa shape index (κ1) is 18.9. The van der Waals surface area contributed by atoms with Crippen molar-refractivity contribution >= 4 is 40.1 Å². The molecule has 2 amide bonds. The number of carbonyl (C=O) groups is 2. The van der Waals surface area contributed by atoms with E-state index in [1.54, 1.807) is 12.1 Å². The number of carbonyl (C=O) groups excluding carboxylic acids is 2. The summed E-state index contributed by atoms with van der Waals surface area (Å²) < 4.78 is 1.87. The Bertz CT molecular complexity index is 997. The van der Waals surface area contributed by atoms with Crippen molar-refractivity contribution in [2.45, 2.75) is 26.8 Å². The van der Waals surface area contributed by atoms with E-state index < -0.39 is 0 Å². The molecule has 0 aliphatic heterocycles. The largest absolute Gasteiger partial charge is 0.352 e. The summed E-state index contributed by atoms with van der Waals surface area (Å²) in [5.41, 5.74) is 3.82. The lowest BCUT2D eigenvalue weighted by atomic mass is 10.2. The number of nitrogens with one attached hydrogen (secondary N) is 2. The van der Waals surface area contributed by atoms with Gasteiger partial charge < -0.3 is 15.2 Å². The van der Waals surface area contributed by atoms with Gasteiger partial charge in [-0.2, -0.15) is 0 Å². The van der Waals surface area contributed by atoms with Gasteiger partial charge in [-0.1, -0.05) is 18.2 Å². The number of halogens is 1. The summed E-state index contributed by atoms with van der Waals surface area (Å²) in [5.74, 6) is -0.392. The number of nitrogens with zero attached hydrogens (tertiary/aromatic N) is 2. The summed E-state index contributed by atoms with van der Waals surface area (Å²) in [6.45, 7) is 4.87. The van der Waals surface area contributed by atoms with Crippen molar-refractivity contribution < 1.29 is 9.59 Å². The molecule has 0 unspecified atom stereocenters. The lowest BCUT2D eigenvalue weighted by Crippen LogP contribution is -2.27. The first-order valence-electron chi connectivity index (χ1n) is 8.79. The van der Waals surface area contributed by atoms with Gasteiger partial charge in [-0.15, -0.1) is 0 Å². The molecule has 0 radical (unpaired) electrons. The maximum atomic E-state index is 12.3. The van der Waals surface area contributed by atoms with Gasteiger partial charge in [-0.25, -0.2) is 4.98 Å². The molecule has 7 heteroatoms. The highest BCUT2D eigenvalue weighted by Gasteiger charge is 2.12. The van der Waals surface area contributed by atoms with Crippen molar-refractivity contribution in [3.8, 4) is 0 Å². The molecule has 0 aliphatic rings. The van der Waals surface area contributed by atoms with Crippen LogP contribution in [0.5, 0.6) is 0 Å². The lowest BCUT2D eigenvalue weighted by Gasteiger charge is -2.09. The highest BCUT2D eigenvalue weighted by atomic mass is 35.5. The first-order valence-corrected chi connectivity index (χ1v) is 9.17. The highest BCUT2D eigenvalue weighted by molar-refractivity contribution is 6.29. The molecule has 1 aromatic heterocycles. The van der Waals surface area contributed by atoms with E-state index in [1.165, 1.54) is 0 Å². The Balaban J connectivity index is 1.57. The van der Waals surface area contributed by atoms with Gasteiger partial charge >= 0.3 is 0 Å². The van der Waals surface area contributed by atoms with Crippen LogP contribution in [0.25, 0.3) is 11.0 Å². The number of amides is 2. The molecule has 0 bridgehead atoms. The molecule has 1 heterocycles. The maximum Gasteiger partial charge on any atom is 0.251 e. The third-order valence-corrected chi connectivity index (χ3v) is 4.63. The Labute approximate surface area is 162 Å². The van der Waals surface area contributed by atoms with E-state index in [1.807, 2.05) is 48.7 Å². The molecule has 0 fully saturated rings. The van der Waals surface area contributed by atoms with Crippen LogP contribution in [0.2, 0.25) is 5.28 Å². The summed E-state index contributed by atoms with van der Waals surface area (Å²) in [6, 6.07) is 12.8. The predicted molar refractivity (Wildman–Crippen MR) is 107 cm³/mol. The number of hydrogen-bond acceptors (Lipinski definition) is 3. The van der Waals surface area contributed by atoms with Crippen LogP contribution in [0.15, 0.2) is 42.5 Å². The Morgan fingerprint density at radius 1 is 1.19 bits per heavy atom. The predicted octanol–water partition coefficient (Wildman–Crippen LogP) is 3.78. The molecule has 0 spiro atoms. The number of rotatable bonds is 6. The van der Waals surface area contributed by atoms with Gasteiger partial charge in [0, 0.05) is 30.8 Å². The highest BCUT2D eigenvalue weighted by Crippen LogP contribution is 2.21. The number of imidazole rings is 1. The van der Waals surface area contributed by atoms with Crippen LogP contribution in [0.3, 0.4) is 0 Å². The SMILES string of the molecule is CCn1c(Cl)nc2cc(C(=O)NCCC(=O)Nc3ccccc3C)ccc21. The number of para-hydroxylation sites is 1. The molecule has 0 saturated carbocycles. The van der Waals surface area contributed by atoms with Crippen LogP contribution in [0, 0.1) is 6.92 Å². The minimum Gasteiger partial charge on any atom is -0.352 e. The fourth-order valence-electron chi connectivity index (χ4n) is 2.86. The third kappa shape index (κ3) is 4.28. The monoisotopic (exact) mass is 384 g/mol. The van der Waals surface area contributed by atoms with E-state index in [4.69, 9.17) is 11.6 Å². The normalized spacial score (nSPS) is 10.8. The van der Waals surface area contributed by atoms with Crippen molar-refractivity contribution in [3.05, 3.63) is 58.9 Å². The van der Waals surface area contributed by atoms with Crippen LogP contribution in [0.1, 0.15) is 29.3 Å². The number of aromatic nitrogens is 2. The molecule has 3 aromatic rings. The Morgan fingerprint density at radius 2 is 1.96 bits per heavy atom. The van der Waals surface area contributed by atoms with Gasteiger partial charge in [0.1, 0.15) is 0 Å². The topological polar surface area (TPSA) is 76.0 Å². The van der Waals surface area contributed by atoms with Crippen molar-refractivity contribution in [2.75, 3.05) is 11.9 Å². The summed E-state index contributed by atoms with van der Waals surface area (Å²) in [7, 11) is 0. The molecule has 140 valence electrons. The van der Waals surface area contributed by atoms with Gasteiger partial charge in [0.25, 0.3) is 5.91 Å². The fourth-order valence-corrected chi connectivity index (χ4v) is 3.16. The van der Waals surface area contributed by atoms with Crippen LogP contribution >= 0.6 is 11.6 Å². The summed E-state index contributed by atoms with van der Waals surface area (Å²) >= 11 is 6.10. The molecular weight excluding hydrogens is 364 g/mol. The minimum atomic E-state index is -0.247. The molecule has 0 atom stereocenters. The van der Waals surface area contributed by atoms with E-state index in [0.717, 1.165) is 16.8 Å². The lowest BCUT2D eigenvalue weighted by molar-refractivity contribution is -0.116. The van der Waals surface area contributed by atoms with Gasteiger partial charge in [-0.05, 0) is 55.3 Å². The Kier molecular flexibility index (Phi) is 5.76. The summed E-state index contributed by atoms with van der Waals surface area (Å²) in [5, 5.41) is 6.01. The molecule has 0 aliphatic carbocycles. The molecule has 27 heavy (non-hydrogen) atoms. The fraction of sp³-hybridized carbons (Fsp3) is 0.250. The van der Waals surface area contributed by atoms with E-state index >= 15 is 0 Å². The van der Waals surface area contributed by atoms with Gasteiger partial charge in [-0.3, -0.25) is 9.59 Å². The maximum absolute atomic E-state index is 12.3. The standard InChI is InChI=1S/C20H21ClN4O2/c1-3-25-17-9-8-14(12-16(17)24-20(25)21)19(27)22-11-10-18(26)23-15-7-5-4-6-13(15)2/h4-9,12H,3,10-11H2,1-2H3,(H,22,27)(H,23,26). The zero-order chi connectivity index (χ0) is 19.4. The average Bonchev–Trinajstić information content (AvgIpc) is 2.97. The Hall–Kier alpha value is -2.86. The van der Waals surface area contributed by atoms with Gasteiger partial charge in [0.05, 0.1) is 11.0 Å². The van der Waals surface area contributed by atoms with E-state index in [-0.39, 0.29) is 24.8 Å². The van der Waals surface area contributed by atoms with Crippen LogP contribution < -0.4 is 10.6 Å². The van der Waals surface area contributed by atoms with E-state index in [0.29, 0.717) is 22.9 Å². The minimum absolute atomic E-state index is 0.145. The van der Waals surface area contributed by atoms with Gasteiger partial charge in [0.2, 0.25) is 11.2 Å². The second kappa shape index (κ2) is 8.22. The van der Waals surface area contributed by atoms with Crippen LogP contribution in [-0.2, 0) is 11.3 Å². The molecule has 2 N–H and O–H groups in total. The van der Waals surface area contributed by atoms with Crippen molar-refractivity contribution in [2.24, 2.45) is 0 Å². The number of anilines is 1. The first-order chi connectivity index (χ1) is 13.0. The van der Waals surface area contributed by atoms with E-state index in [9.17, 15) is 9.59 Å². The van der Waals surface area contributed by atoms with Crippen molar-refractivity contribution in [1.82, 2.24) is 14.9 Å². The van der Waals surface area contributed by atoms with Crippen molar-refractivity contribution in [3.63, 3.8) is 0 Å². The second-order valence-electron chi connectivity index (χ2n) is 6.20. The smallest absolute Gasteiger partial charge is 0.251 e. The molecule has 0 saturated heterocycles. The third-order valence-electron chi connectivity index (χ3n) is 4.34. The summed E-state index contributed by atoms with van der Waals surface area (Å²) in [4.78, 5) is 28.6. The zero-order valence-corrected chi connectivity index (χ0v) is 16.0. The average molecular weight is 385 g/mol. The molecular formula is C20H21ClN4O2.